The Morgan fingerprint density at radius 2 is 1.30 bits per heavy atom. The number of benzene rings is 2. The third-order valence-corrected chi connectivity index (χ3v) is 7.09. The first-order valence-corrected chi connectivity index (χ1v) is 19.6. The Kier molecular flexibility index (Phi) is 63.2. The van der Waals surface area contributed by atoms with E-state index in [0.29, 0.717) is 22.1 Å². The SMILES string of the molecule is C#C.C=C/C(SF)=C(/C)N(C)/C(=C\C(=C)c1ccccc1O)NC(CCC)CCC.C=O.C=O.CC.CC.CC.CCC.CCCc1ccccc1C. The van der Waals surface area contributed by atoms with Crippen molar-refractivity contribution in [1.82, 2.24) is 10.2 Å². The molecule has 2 aromatic carbocycles. The quantitative estimate of drug-likeness (QED) is 0.148. The minimum absolute atomic E-state index is 0.183. The second-order valence-corrected chi connectivity index (χ2v) is 10.8. The maximum atomic E-state index is 13.3. The third-order valence-electron chi connectivity index (χ3n) is 6.46. The fourth-order valence-corrected chi connectivity index (χ4v) is 4.47. The van der Waals surface area contributed by atoms with Gasteiger partial charge in [-0.2, -0.15) is 3.89 Å². The van der Waals surface area contributed by atoms with E-state index >= 15 is 0 Å². The van der Waals surface area contributed by atoms with Gasteiger partial charge in [-0.15, -0.1) is 12.8 Å². The molecule has 0 aromatic heterocycles. The lowest BCUT2D eigenvalue weighted by atomic mass is 10.0. The third kappa shape index (κ3) is 33.6. The van der Waals surface area contributed by atoms with Crippen molar-refractivity contribution in [2.24, 2.45) is 0 Å². The largest absolute Gasteiger partial charge is 0.507 e. The molecule has 2 N–H and O–H groups in total. The first kappa shape index (κ1) is 64.0. The second-order valence-electron chi connectivity index (χ2n) is 10.2. The van der Waals surface area contributed by atoms with E-state index in [2.05, 4.69) is 97.1 Å². The van der Waals surface area contributed by atoms with Crippen LogP contribution in [0, 0.1) is 19.8 Å². The van der Waals surface area contributed by atoms with Gasteiger partial charge in [0.15, 0.2) is 0 Å². The number of aryl methyl sites for hydroxylation is 2. The summed E-state index contributed by atoms with van der Waals surface area (Å²) in [5, 5.41) is 13.8. The highest BCUT2D eigenvalue weighted by molar-refractivity contribution is 7.98. The van der Waals surface area contributed by atoms with Crippen molar-refractivity contribution in [2.75, 3.05) is 7.05 Å². The summed E-state index contributed by atoms with van der Waals surface area (Å²) in [6.45, 7) is 38.7. The zero-order chi connectivity index (χ0) is 43.2. The van der Waals surface area contributed by atoms with Crippen LogP contribution in [0.5, 0.6) is 5.75 Å². The minimum Gasteiger partial charge on any atom is -0.507 e. The number of carbonyl (C=O) groups is 2. The van der Waals surface area contributed by atoms with E-state index in [-0.39, 0.29) is 17.9 Å². The molecule has 0 aliphatic rings. The summed E-state index contributed by atoms with van der Waals surface area (Å²) in [5.74, 6) is 0.994. The minimum atomic E-state index is 0.183. The highest BCUT2D eigenvalue weighted by Gasteiger charge is 2.16. The molecule has 0 aliphatic carbocycles. The van der Waals surface area contributed by atoms with Crippen molar-refractivity contribution < 1.29 is 18.6 Å². The molecule has 7 heteroatoms. The standard InChI is InChI=1S/C23H33FN2OS.C10H14.C3H8.3C2H6.C2H2.2CH2O/c1-7-12-19(13-8-2)25-23(26(6)18(5)22(9-3)28-24)16-17(4)20-14-10-11-15-21(20)27;1-3-6-10-8-5-4-7-9(10)2;1-3-2;6*1-2/h9-11,14-16,19,25,27H,3-4,7-8,12-13H2,1-2,5-6H3;4-5,7-8H,3,6H2,1-2H3;3H2,1-2H3;3*1-2H3;1-2H;2*1H2/b22-18+,23-16-;;;;;;;;. The molecule has 304 valence electrons. The van der Waals surface area contributed by atoms with Crippen molar-refractivity contribution in [3.63, 3.8) is 0 Å². The van der Waals surface area contributed by atoms with Gasteiger partial charge in [-0.05, 0) is 62.0 Å². The normalized spacial score (nSPS) is 9.36. The van der Waals surface area contributed by atoms with Crippen LogP contribution < -0.4 is 5.32 Å². The monoisotopic (exact) mass is 759 g/mol. The van der Waals surface area contributed by atoms with Gasteiger partial charge in [-0.25, -0.2) is 0 Å². The highest BCUT2D eigenvalue weighted by atomic mass is 32.2. The molecule has 0 spiro atoms. The number of phenolic OH excluding ortho intramolecular Hbond substituents is 1. The molecular weight excluding hydrogens is 680 g/mol. The number of allylic oxidation sites excluding steroid dienone is 4. The summed E-state index contributed by atoms with van der Waals surface area (Å²) in [5.41, 5.74) is 5.01. The summed E-state index contributed by atoms with van der Waals surface area (Å²) in [4.78, 5) is 18.4. The average molecular weight is 759 g/mol. The van der Waals surface area contributed by atoms with E-state index < -0.39 is 0 Å². The Morgan fingerprint density at radius 3 is 1.68 bits per heavy atom. The molecule has 0 unspecified atom stereocenters. The zero-order valence-corrected chi connectivity index (χ0v) is 37.1. The Balaban J connectivity index is -0.000000139. The number of para-hydroxylation sites is 1. The van der Waals surface area contributed by atoms with Crippen molar-refractivity contribution in [3.05, 3.63) is 107 Å². The van der Waals surface area contributed by atoms with Crippen molar-refractivity contribution >= 4 is 31.3 Å². The van der Waals surface area contributed by atoms with E-state index in [0.717, 1.165) is 37.2 Å². The van der Waals surface area contributed by atoms with Gasteiger partial charge < -0.3 is 24.9 Å². The number of carbonyl (C=O) groups excluding carboxylic acids is 2. The Labute approximate surface area is 332 Å². The number of rotatable bonds is 14. The van der Waals surface area contributed by atoms with Crippen LogP contribution in [-0.4, -0.2) is 36.7 Å². The fraction of sp³-hybridized carbons (Fsp3) is 0.478. The van der Waals surface area contributed by atoms with Crippen LogP contribution in [0.1, 0.15) is 138 Å². The van der Waals surface area contributed by atoms with Crippen molar-refractivity contribution in [3.8, 4) is 18.6 Å². The zero-order valence-electron chi connectivity index (χ0n) is 36.3. The summed E-state index contributed by atoms with van der Waals surface area (Å²) in [6.07, 6.45) is 19.3. The summed E-state index contributed by atoms with van der Waals surface area (Å²) in [7, 11) is 1.89. The summed E-state index contributed by atoms with van der Waals surface area (Å²) < 4.78 is 13.3. The van der Waals surface area contributed by atoms with Crippen molar-refractivity contribution in [1.29, 1.82) is 0 Å². The van der Waals surface area contributed by atoms with E-state index in [1.54, 1.807) is 12.1 Å². The topological polar surface area (TPSA) is 69.6 Å². The number of hydrogen-bond acceptors (Lipinski definition) is 6. The van der Waals surface area contributed by atoms with Crippen LogP contribution in [0.4, 0.5) is 3.89 Å². The molecule has 0 fully saturated rings. The number of halogens is 1. The number of terminal acetylenes is 1. The molecule has 0 aliphatic heterocycles. The number of nitrogens with zero attached hydrogens (tertiary/aromatic N) is 1. The number of hydrogen-bond donors (Lipinski definition) is 2. The molecule has 2 rings (SSSR count). The van der Waals surface area contributed by atoms with E-state index in [9.17, 15) is 8.99 Å². The molecule has 0 atom stereocenters. The van der Waals surface area contributed by atoms with Gasteiger partial charge in [0.25, 0.3) is 0 Å². The predicted molar refractivity (Wildman–Crippen MR) is 241 cm³/mol. The molecule has 0 amide bonds. The molecular formula is C46H79FN2O3S. The Hall–Kier alpha value is -4.02. The molecule has 0 heterocycles. The second kappa shape index (κ2) is 52.3. The maximum Gasteiger partial charge on any atom is 0.123 e. The van der Waals surface area contributed by atoms with Gasteiger partial charge in [0.05, 0.1) is 17.1 Å². The average Bonchev–Trinajstić information content (AvgIpc) is 3.21. The summed E-state index contributed by atoms with van der Waals surface area (Å²) in [6, 6.07) is 16.0. The molecule has 2 aromatic rings. The van der Waals surface area contributed by atoms with Crippen LogP contribution in [0.3, 0.4) is 0 Å². The lowest BCUT2D eigenvalue weighted by molar-refractivity contribution is -0.0987. The maximum absolute atomic E-state index is 13.3. The predicted octanol–water partition coefficient (Wildman–Crippen LogP) is 14.1. The van der Waals surface area contributed by atoms with Crippen LogP contribution in [0.2, 0.25) is 0 Å². The van der Waals surface area contributed by atoms with E-state index in [4.69, 9.17) is 9.59 Å². The smallest absolute Gasteiger partial charge is 0.123 e. The van der Waals surface area contributed by atoms with Gasteiger partial charge in [0, 0.05) is 24.4 Å². The Bertz CT molecular complexity index is 1170. The van der Waals surface area contributed by atoms with E-state index in [1.807, 2.05) is 92.2 Å². The van der Waals surface area contributed by atoms with E-state index in [1.165, 1.54) is 36.5 Å². The van der Waals surface area contributed by atoms with Crippen LogP contribution in [-0.2, 0) is 16.0 Å². The first-order chi connectivity index (χ1) is 25.6. The molecule has 5 nitrogen and oxygen atoms in total. The fourth-order valence-electron chi connectivity index (χ4n) is 4.16. The molecule has 0 saturated carbocycles. The first-order valence-electron chi connectivity index (χ1n) is 18.9. The lowest BCUT2D eigenvalue weighted by Crippen LogP contribution is -2.35. The van der Waals surface area contributed by atoms with Crippen LogP contribution >= 0.6 is 12.1 Å². The number of nitrogens with one attached hydrogen (secondary N) is 1. The Morgan fingerprint density at radius 1 is 0.868 bits per heavy atom. The number of aromatic hydroxyl groups is 1. The molecule has 0 radical (unpaired) electrons. The van der Waals surface area contributed by atoms with Gasteiger partial charge in [-0.1, -0.05) is 164 Å². The van der Waals surface area contributed by atoms with Crippen LogP contribution in [0.15, 0.2) is 90.3 Å². The molecule has 0 bridgehead atoms. The van der Waals surface area contributed by atoms with Gasteiger partial charge in [0.2, 0.25) is 0 Å². The summed E-state index contributed by atoms with van der Waals surface area (Å²) >= 11 is 0.183. The lowest BCUT2D eigenvalue weighted by Gasteiger charge is -2.30. The molecule has 0 saturated heterocycles. The van der Waals surface area contributed by atoms with Crippen LogP contribution in [0.25, 0.3) is 5.57 Å². The highest BCUT2D eigenvalue weighted by Crippen LogP contribution is 2.28. The number of phenols is 1. The van der Waals surface area contributed by atoms with Gasteiger partial charge >= 0.3 is 0 Å². The molecule has 53 heavy (non-hydrogen) atoms. The van der Waals surface area contributed by atoms with Crippen molar-refractivity contribution in [2.45, 2.75) is 141 Å². The van der Waals surface area contributed by atoms with Gasteiger partial charge in [-0.3, -0.25) is 0 Å². The van der Waals surface area contributed by atoms with Gasteiger partial charge in [0.1, 0.15) is 25.1 Å².